The van der Waals surface area contributed by atoms with Crippen LogP contribution in [0.25, 0.3) is 0 Å². The van der Waals surface area contributed by atoms with E-state index in [9.17, 15) is 9.36 Å². The Kier molecular flexibility index (Phi) is 5.16. The van der Waals surface area contributed by atoms with E-state index in [-0.39, 0.29) is 44.3 Å². The van der Waals surface area contributed by atoms with Crippen LogP contribution in [-0.4, -0.2) is 29.5 Å². The number of aldehydes is 1. The van der Waals surface area contributed by atoms with Gasteiger partial charge in [0.1, 0.15) is 0 Å². The first-order valence-corrected chi connectivity index (χ1v) is 5.20. The summed E-state index contributed by atoms with van der Waals surface area (Å²) in [6.07, 6.45) is 0.472. The second-order valence-electron chi connectivity index (χ2n) is 2.68. The van der Waals surface area contributed by atoms with Crippen LogP contribution in [0.1, 0.15) is 10.4 Å². The molecule has 4 N–H and O–H groups in total. The molecule has 1 rings (SSSR count). The third-order valence-electron chi connectivity index (χ3n) is 1.60. The van der Waals surface area contributed by atoms with Crippen molar-refractivity contribution in [3.63, 3.8) is 0 Å². The summed E-state index contributed by atoms with van der Waals surface area (Å²) in [5, 5.41) is 0. The third kappa shape index (κ3) is 3.88. The zero-order valence-corrected chi connectivity index (χ0v) is 9.52. The summed E-state index contributed by atoms with van der Waals surface area (Å²) in [6, 6.07) is 0. The minimum atomic E-state index is -0.355. The number of rotatable bonds is 5. The van der Waals surface area contributed by atoms with Gasteiger partial charge in [0.2, 0.25) is 0 Å². The number of aromatic nitrogens is 2. The van der Waals surface area contributed by atoms with Gasteiger partial charge < -0.3 is 0 Å². The molecule has 0 saturated heterocycles. The number of nitrogens with two attached hydrogens (primary N) is 2. The summed E-state index contributed by atoms with van der Waals surface area (Å²) in [6.45, 7) is 0.163. The molecule has 9 heteroatoms. The molecule has 0 aliphatic heterocycles. The molecule has 0 aromatic carbocycles. The number of hydrogen-bond donors (Lipinski definition) is 2. The molecule has 0 aliphatic rings. The van der Waals surface area contributed by atoms with Crippen LogP contribution in [0, 0.1) is 5.81 Å². The van der Waals surface area contributed by atoms with Gasteiger partial charge in [-0.15, -0.1) is 0 Å². The van der Waals surface area contributed by atoms with Gasteiger partial charge in [0.15, 0.2) is 0 Å². The molecule has 0 aliphatic carbocycles. The molecule has 8 nitrogen and oxygen atoms in total. The fraction of sp³-hybridized carbons (Fsp3) is 0.250. The Morgan fingerprint density at radius 2 is 2.12 bits per heavy atom. The van der Waals surface area contributed by atoms with Crippen molar-refractivity contribution in [1.29, 1.82) is 0 Å². The predicted octanol–water partition coefficient (Wildman–Crippen LogP) is 0.0573. The first kappa shape index (κ1) is 13.2. The van der Waals surface area contributed by atoms with E-state index >= 15 is 0 Å². The van der Waals surface area contributed by atoms with Gasteiger partial charge in [-0.05, 0) is 0 Å². The maximum absolute atomic E-state index is 10.7. The molecule has 1 heterocycles. The summed E-state index contributed by atoms with van der Waals surface area (Å²) in [4.78, 5) is 18.1. The van der Waals surface area contributed by atoms with Crippen LogP contribution in [0.15, 0.2) is 0 Å². The summed E-state index contributed by atoms with van der Waals surface area (Å²) < 4.78 is 19.7. The molecular formula is C8H9N4O4P. The van der Waals surface area contributed by atoms with Crippen LogP contribution in [0.4, 0.5) is 11.8 Å². The normalized spacial score (nSPS) is 9.41. The Morgan fingerprint density at radius 3 is 2.76 bits per heavy atom. The van der Waals surface area contributed by atoms with Crippen LogP contribution < -0.4 is 16.2 Å². The Labute approximate surface area is 97.4 Å². The van der Waals surface area contributed by atoms with Gasteiger partial charge in [-0.2, -0.15) is 0 Å². The molecule has 1 aromatic rings. The fourth-order valence-corrected chi connectivity index (χ4v) is 1.10. The Balaban J connectivity index is 2.71. The van der Waals surface area contributed by atoms with Crippen molar-refractivity contribution < 1.29 is 18.8 Å². The Bertz CT molecular complexity index is 515. The monoisotopic (exact) mass is 256 g/mol. The van der Waals surface area contributed by atoms with Crippen LogP contribution in [0.3, 0.4) is 0 Å². The standard InChI is InChI=1S/C8H9N4O4P/c9-6-5(3-13)7(12-8(10)11-6)16-2-1-15-4-17-14/h3H,1-2H2,(H4,9,10,11,12). The van der Waals surface area contributed by atoms with Crippen molar-refractivity contribution in [2.75, 3.05) is 24.7 Å². The quantitative estimate of drug-likeness (QED) is 0.429. The molecule has 0 unspecified atom stereocenters. The minimum absolute atomic E-state index is 0.0201. The number of carbonyl (C=O) groups is 1. The van der Waals surface area contributed by atoms with Gasteiger partial charge in [-0.3, -0.25) is 0 Å². The van der Waals surface area contributed by atoms with E-state index < -0.39 is 0 Å². The van der Waals surface area contributed by atoms with E-state index in [2.05, 4.69) is 20.5 Å². The molecule has 0 atom stereocenters. The van der Waals surface area contributed by atoms with E-state index in [1.165, 1.54) is 0 Å². The number of anilines is 2. The molecule has 0 amide bonds. The zero-order valence-electron chi connectivity index (χ0n) is 8.62. The van der Waals surface area contributed by atoms with Crippen molar-refractivity contribution >= 4 is 26.0 Å². The van der Waals surface area contributed by atoms with Crippen molar-refractivity contribution in [1.82, 2.24) is 9.97 Å². The zero-order chi connectivity index (χ0) is 12.7. The average molecular weight is 256 g/mol. The molecule has 17 heavy (non-hydrogen) atoms. The topological polar surface area (TPSA) is 130 Å². The van der Waals surface area contributed by atoms with Crippen LogP contribution >= 0.6 is 7.92 Å². The van der Waals surface area contributed by atoms with Gasteiger partial charge in [-0.25, -0.2) is 0 Å². The van der Waals surface area contributed by atoms with Crippen LogP contribution in [0.2, 0.25) is 0 Å². The number of nitrogen functional groups attached to an aromatic ring is 2. The Morgan fingerprint density at radius 1 is 1.35 bits per heavy atom. The van der Waals surface area contributed by atoms with Gasteiger partial charge >= 0.3 is 96.7 Å². The molecule has 1 aromatic heterocycles. The maximum atomic E-state index is 10.7. The number of carbonyl (C=O) groups excluding carboxylic acids is 1. The van der Waals surface area contributed by atoms with Gasteiger partial charge in [0, 0.05) is 0 Å². The van der Waals surface area contributed by atoms with Crippen LogP contribution in [-0.2, 0) is 9.30 Å². The van der Waals surface area contributed by atoms with Gasteiger partial charge in [-0.1, -0.05) is 0 Å². The summed E-state index contributed by atoms with van der Waals surface area (Å²) in [5.41, 5.74) is 10.8. The molecule has 0 bridgehead atoms. The molecule has 0 spiro atoms. The fourth-order valence-electron chi connectivity index (χ4n) is 0.955. The van der Waals surface area contributed by atoms with Crippen LogP contribution in [0.5, 0.6) is 5.88 Å². The predicted molar refractivity (Wildman–Crippen MR) is 59.2 cm³/mol. The van der Waals surface area contributed by atoms with Crippen molar-refractivity contribution in [2.45, 2.75) is 0 Å². The second kappa shape index (κ2) is 6.65. The number of hydrogen-bond acceptors (Lipinski definition) is 8. The molecule has 0 saturated carbocycles. The van der Waals surface area contributed by atoms with E-state index in [0.29, 0.717) is 6.29 Å². The third-order valence-corrected chi connectivity index (χ3v) is 1.80. The number of ether oxygens (including phenoxy) is 2. The summed E-state index contributed by atoms with van der Waals surface area (Å²) in [7, 11) is -0.355. The van der Waals surface area contributed by atoms with E-state index in [0.717, 1.165) is 0 Å². The average Bonchev–Trinajstić information content (AvgIpc) is 2.28. The SMILES string of the molecule is Nc1nc(N)c(C=O)c(OCCOC#P=O)n1. The molecular weight excluding hydrogens is 247 g/mol. The molecule has 0 fully saturated rings. The number of nitrogens with zero attached hydrogens (tertiary/aromatic N) is 2. The van der Waals surface area contributed by atoms with E-state index in [1.54, 1.807) is 0 Å². The van der Waals surface area contributed by atoms with E-state index in [4.69, 9.17) is 16.2 Å². The molecule has 90 valence electrons. The van der Waals surface area contributed by atoms with Gasteiger partial charge in [0.05, 0.1) is 0 Å². The molecule has 0 radical (unpaired) electrons. The van der Waals surface area contributed by atoms with Gasteiger partial charge in [0.25, 0.3) is 0 Å². The van der Waals surface area contributed by atoms with Crippen molar-refractivity contribution in [3.8, 4) is 11.7 Å². The first-order chi connectivity index (χ1) is 8.19. The first-order valence-electron chi connectivity index (χ1n) is 4.39. The van der Waals surface area contributed by atoms with Crippen molar-refractivity contribution in [3.05, 3.63) is 5.56 Å². The Hall–Kier alpha value is -1.88. The van der Waals surface area contributed by atoms with Crippen molar-refractivity contribution in [2.24, 2.45) is 0 Å². The second-order valence-corrected chi connectivity index (χ2v) is 3.05. The van der Waals surface area contributed by atoms with E-state index in [1.807, 2.05) is 0 Å². The summed E-state index contributed by atoms with van der Waals surface area (Å²) >= 11 is 0. The summed E-state index contributed by atoms with van der Waals surface area (Å²) in [5.74, 6) is 1.90.